The Morgan fingerprint density at radius 1 is 1.17 bits per heavy atom. The smallest absolute Gasteiger partial charge is 0.192 e. The summed E-state index contributed by atoms with van der Waals surface area (Å²) in [5, 5.41) is 2.61. The number of unbranched alkanes of at least 4 members (excludes halogenated alkanes) is 1. The van der Waals surface area contributed by atoms with Gasteiger partial charge in [-0.25, -0.2) is 10.4 Å². The van der Waals surface area contributed by atoms with Crippen LogP contribution in [-0.4, -0.2) is 71.3 Å². The van der Waals surface area contributed by atoms with E-state index in [4.69, 9.17) is 18.6 Å². The molecule has 178 valence electrons. The van der Waals surface area contributed by atoms with Gasteiger partial charge >= 0.3 is 0 Å². The Morgan fingerprint density at radius 3 is 2.47 bits per heavy atom. The average Bonchev–Trinajstić information content (AvgIpc) is 3.33. The van der Waals surface area contributed by atoms with Crippen LogP contribution in [0.2, 0.25) is 18.1 Å². The van der Waals surface area contributed by atoms with Gasteiger partial charge in [0.1, 0.15) is 0 Å². The van der Waals surface area contributed by atoms with Gasteiger partial charge in [-0.05, 0) is 43.8 Å². The van der Waals surface area contributed by atoms with Gasteiger partial charge in [0.05, 0.1) is 25.9 Å². The fourth-order valence-electron chi connectivity index (χ4n) is 4.11. The van der Waals surface area contributed by atoms with Crippen LogP contribution in [0.5, 0.6) is 0 Å². The Labute approximate surface area is 186 Å². The third kappa shape index (κ3) is 7.83. The van der Waals surface area contributed by atoms with Gasteiger partial charge in [-0.15, -0.1) is 0 Å². The number of nitrogens with one attached hydrogen (secondary N) is 1. The lowest BCUT2D eigenvalue weighted by atomic mass is 10.0. The standard InChI is InChI=1S/C23H48N2O4Si/c1-8-9-12-20(24-25-15-10-11-19(25)18-26-5)21(13-14-22-27-16-17-28-22)29-30(6,7)23(2,3)4/h19-22,24H,8-18H2,1-7H3/t19-,20+,21-/m0/s1. The number of nitrogens with zero attached hydrogens (tertiary/aromatic N) is 1. The molecule has 0 saturated carbocycles. The Hall–Kier alpha value is -0.0231. The van der Waals surface area contributed by atoms with Crippen molar-refractivity contribution in [1.82, 2.24) is 10.4 Å². The van der Waals surface area contributed by atoms with E-state index in [0.29, 0.717) is 25.3 Å². The quantitative estimate of drug-likeness (QED) is 0.415. The minimum Gasteiger partial charge on any atom is -0.412 e. The zero-order chi connectivity index (χ0) is 22.2. The summed E-state index contributed by atoms with van der Waals surface area (Å²) in [6.07, 6.45) is 7.88. The van der Waals surface area contributed by atoms with Crippen molar-refractivity contribution >= 4 is 8.32 Å². The third-order valence-corrected chi connectivity index (χ3v) is 11.5. The predicted molar refractivity (Wildman–Crippen MR) is 125 cm³/mol. The van der Waals surface area contributed by atoms with Crippen LogP contribution in [0.25, 0.3) is 0 Å². The van der Waals surface area contributed by atoms with Crippen LogP contribution in [-0.2, 0) is 18.6 Å². The van der Waals surface area contributed by atoms with Gasteiger partial charge in [0.15, 0.2) is 14.6 Å². The molecule has 0 amide bonds. The molecule has 2 fully saturated rings. The molecule has 6 nitrogen and oxygen atoms in total. The van der Waals surface area contributed by atoms with E-state index in [1.165, 1.54) is 25.7 Å². The minimum absolute atomic E-state index is 0.0737. The molecule has 3 atom stereocenters. The van der Waals surface area contributed by atoms with Crippen molar-refractivity contribution in [1.29, 1.82) is 0 Å². The first-order valence-electron chi connectivity index (χ1n) is 12.1. The first kappa shape index (κ1) is 26.2. The van der Waals surface area contributed by atoms with Crippen LogP contribution in [0, 0.1) is 0 Å². The topological polar surface area (TPSA) is 52.2 Å². The highest BCUT2D eigenvalue weighted by Gasteiger charge is 2.41. The lowest BCUT2D eigenvalue weighted by Crippen LogP contribution is -2.56. The lowest BCUT2D eigenvalue weighted by Gasteiger charge is -2.43. The Kier molecular flexibility index (Phi) is 10.7. The number of ether oxygens (including phenoxy) is 3. The molecule has 0 spiro atoms. The highest BCUT2D eigenvalue weighted by atomic mass is 28.4. The van der Waals surface area contributed by atoms with Crippen molar-refractivity contribution in [2.75, 3.05) is 33.5 Å². The second-order valence-corrected chi connectivity index (χ2v) is 15.2. The maximum absolute atomic E-state index is 7.03. The Balaban J connectivity index is 2.14. The zero-order valence-electron chi connectivity index (χ0n) is 20.7. The number of hydrogen-bond acceptors (Lipinski definition) is 6. The molecule has 0 aromatic carbocycles. The molecule has 2 rings (SSSR count). The van der Waals surface area contributed by atoms with Gasteiger partial charge in [-0.1, -0.05) is 40.5 Å². The van der Waals surface area contributed by atoms with E-state index in [1.54, 1.807) is 7.11 Å². The molecule has 0 aromatic rings. The third-order valence-electron chi connectivity index (χ3n) is 7.02. The molecular formula is C23H48N2O4Si. The number of hydrazine groups is 1. The molecule has 2 saturated heterocycles. The lowest BCUT2D eigenvalue weighted by molar-refractivity contribution is -0.0573. The number of rotatable bonds is 13. The molecule has 0 aromatic heterocycles. The molecule has 2 aliphatic heterocycles. The summed E-state index contributed by atoms with van der Waals surface area (Å²) in [5.41, 5.74) is 3.90. The van der Waals surface area contributed by atoms with Gasteiger partial charge in [0.2, 0.25) is 0 Å². The molecule has 0 bridgehead atoms. The van der Waals surface area contributed by atoms with Gasteiger partial charge in [0.25, 0.3) is 0 Å². The Bertz CT molecular complexity index is 480. The van der Waals surface area contributed by atoms with E-state index in [0.717, 1.165) is 32.4 Å². The molecule has 2 heterocycles. The summed E-state index contributed by atoms with van der Waals surface area (Å²) in [5.74, 6) is 0. The fourth-order valence-corrected chi connectivity index (χ4v) is 5.51. The normalized spacial score (nSPS) is 23.9. The maximum Gasteiger partial charge on any atom is 0.192 e. The first-order chi connectivity index (χ1) is 14.2. The summed E-state index contributed by atoms with van der Waals surface area (Å²) in [6.45, 7) is 17.2. The van der Waals surface area contributed by atoms with Crippen molar-refractivity contribution in [2.24, 2.45) is 0 Å². The summed E-state index contributed by atoms with van der Waals surface area (Å²) in [6, 6.07) is 0.757. The van der Waals surface area contributed by atoms with Crippen molar-refractivity contribution in [3.63, 3.8) is 0 Å². The summed E-state index contributed by atoms with van der Waals surface area (Å²) < 4.78 is 24.0. The van der Waals surface area contributed by atoms with Gasteiger partial charge < -0.3 is 18.6 Å². The molecule has 0 radical (unpaired) electrons. The van der Waals surface area contributed by atoms with E-state index < -0.39 is 8.32 Å². The zero-order valence-corrected chi connectivity index (χ0v) is 21.7. The van der Waals surface area contributed by atoms with Crippen LogP contribution in [0.15, 0.2) is 0 Å². The van der Waals surface area contributed by atoms with Crippen LogP contribution in [0.3, 0.4) is 0 Å². The minimum atomic E-state index is -1.90. The van der Waals surface area contributed by atoms with Crippen molar-refractivity contribution in [3.05, 3.63) is 0 Å². The molecule has 7 heteroatoms. The van der Waals surface area contributed by atoms with Crippen molar-refractivity contribution < 1.29 is 18.6 Å². The summed E-state index contributed by atoms with van der Waals surface area (Å²) in [4.78, 5) is 0. The molecule has 2 aliphatic rings. The molecular weight excluding hydrogens is 396 g/mol. The molecule has 0 unspecified atom stereocenters. The summed E-state index contributed by atoms with van der Waals surface area (Å²) >= 11 is 0. The molecule has 1 N–H and O–H groups in total. The average molecular weight is 445 g/mol. The maximum atomic E-state index is 7.03. The highest BCUT2D eigenvalue weighted by molar-refractivity contribution is 6.74. The second-order valence-electron chi connectivity index (χ2n) is 10.5. The first-order valence-corrected chi connectivity index (χ1v) is 15.0. The van der Waals surface area contributed by atoms with E-state index in [-0.39, 0.29) is 17.4 Å². The highest BCUT2D eigenvalue weighted by Crippen LogP contribution is 2.38. The van der Waals surface area contributed by atoms with E-state index in [1.807, 2.05) is 0 Å². The van der Waals surface area contributed by atoms with Gasteiger partial charge in [-0.3, -0.25) is 0 Å². The molecule has 30 heavy (non-hydrogen) atoms. The van der Waals surface area contributed by atoms with E-state index in [2.05, 4.69) is 51.2 Å². The van der Waals surface area contributed by atoms with E-state index >= 15 is 0 Å². The van der Waals surface area contributed by atoms with Crippen LogP contribution in [0.1, 0.15) is 72.6 Å². The van der Waals surface area contributed by atoms with Gasteiger partial charge in [-0.2, -0.15) is 0 Å². The number of hydrogen-bond donors (Lipinski definition) is 1. The molecule has 0 aliphatic carbocycles. The van der Waals surface area contributed by atoms with Crippen molar-refractivity contribution in [3.8, 4) is 0 Å². The second kappa shape index (κ2) is 12.3. The van der Waals surface area contributed by atoms with E-state index in [9.17, 15) is 0 Å². The largest absolute Gasteiger partial charge is 0.412 e. The SMILES string of the molecule is CCCC[C@@H](NN1CCC[C@H]1COC)[C@H](CCC1OCCO1)O[Si](C)(C)C(C)(C)C. The Morgan fingerprint density at radius 2 is 1.87 bits per heavy atom. The number of methoxy groups -OCH3 is 1. The van der Waals surface area contributed by atoms with Gasteiger partial charge in [0, 0.05) is 32.2 Å². The van der Waals surface area contributed by atoms with Crippen LogP contribution < -0.4 is 5.43 Å². The fraction of sp³-hybridized carbons (Fsp3) is 1.00. The van der Waals surface area contributed by atoms with Crippen LogP contribution in [0.4, 0.5) is 0 Å². The van der Waals surface area contributed by atoms with Crippen molar-refractivity contribution in [2.45, 2.75) is 115 Å². The predicted octanol–water partition coefficient (Wildman–Crippen LogP) is 4.70. The summed E-state index contributed by atoms with van der Waals surface area (Å²) in [7, 11) is -0.0980. The van der Waals surface area contributed by atoms with Crippen LogP contribution >= 0.6 is 0 Å². The monoisotopic (exact) mass is 444 g/mol.